The van der Waals surface area contributed by atoms with E-state index in [0.29, 0.717) is 0 Å². The summed E-state index contributed by atoms with van der Waals surface area (Å²) in [5.41, 5.74) is 7.96. The summed E-state index contributed by atoms with van der Waals surface area (Å²) in [5.74, 6) is -0.493. The fourth-order valence-electron chi connectivity index (χ4n) is 4.88. The zero-order valence-corrected chi connectivity index (χ0v) is 17.7. The Balaban J connectivity index is 1.70. The lowest BCUT2D eigenvalue weighted by atomic mass is 9.71. The van der Waals surface area contributed by atoms with Gasteiger partial charge in [0.15, 0.2) is 0 Å². The molecule has 152 valence electrons. The summed E-state index contributed by atoms with van der Waals surface area (Å²) in [6.45, 7) is 6.65. The summed E-state index contributed by atoms with van der Waals surface area (Å²) < 4.78 is 5.86. The third-order valence-corrected chi connectivity index (χ3v) is 6.02. The molecule has 1 aliphatic heterocycles. The number of nitrogens with one attached hydrogen (secondary N) is 1. The van der Waals surface area contributed by atoms with Crippen LogP contribution < -0.4 is 5.32 Å². The Morgan fingerprint density at radius 1 is 0.933 bits per heavy atom. The number of hydrogen-bond acceptors (Lipinski definition) is 3. The molecule has 3 aromatic rings. The molecule has 2 unspecified atom stereocenters. The van der Waals surface area contributed by atoms with Gasteiger partial charge in [-0.3, -0.25) is 4.79 Å². The monoisotopic (exact) mass is 397 g/mol. The van der Waals surface area contributed by atoms with Crippen molar-refractivity contribution in [1.82, 2.24) is 5.32 Å². The van der Waals surface area contributed by atoms with Crippen molar-refractivity contribution in [2.75, 3.05) is 6.54 Å². The van der Waals surface area contributed by atoms with Gasteiger partial charge in [-0.2, -0.15) is 0 Å². The predicted octanol–water partition coefficient (Wildman–Crippen LogP) is 5.65. The smallest absolute Gasteiger partial charge is 0.315 e. The fourth-order valence-corrected chi connectivity index (χ4v) is 4.88. The van der Waals surface area contributed by atoms with Crippen molar-refractivity contribution in [2.24, 2.45) is 0 Å². The highest BCUT2D eigenvalue weighted by atomic mass is 16.6. The van der Waals surface area contributed by atoms with Crippen LogP contribution in [0.25, 0.3) is 22.3 Å². The maximum Gasteiger partial charge on any atom is 0.315 e. The Morgan fingerprint density at radius 3 is 2.43 bits per heavy atom. The van der Waals surface area contributed by atoms with Crippen LogP contribution >= 0.6 is 0 Å². The van der Waals surface area contributed by atoms with Crippen LogP contribution in [0.1, 0.15) is 49.4 Å². The van der Waals surface area contributed by atoms with Gasteiger partial charge in [-0.05, 0) is 78.7 Å². The molecule has 1 aliphatic carbocycles. The molecule has 1 heterocycles. The van der Waals surface area contributed by atoms with E-state index in [4.69, 9.17) is 4.74 Å². The number of hydrogen-bond donors (Lipinski definition) is 1. The minimum atomic E-state index is -0.513. The van der Waals surface area contributed by atoms with Crippen LogP contribution in [0, 0.1) is 0 Å². The van der Waals surface area contributed by atoms with Gasteiger partial charge in [0.1, 0.15) is 11.5 Å². The standard InChI is InChI=1S/C27H27NO2/c1-27(2,3)30-26(29)24-21-12-8-7-11-20(21)22-16-19(17-9-5-4-6-10-17)15-18-13-14-28-25(24)23(18)22/h4-12,15-16,24-25,28H,13-14H2,1-3H3. The fraction of sp³-hybridized carbons (Fsp3) is 0.296. The summed E-state index contributed by atoms with van der Waals surface area (Å²) in [5, 5.41) is 3.63. The lowest BCUT2D eigenvalue weighted by molar-refractivity contribution is -0.157. The average molecular weight is 398 g/mol. The van der Waals surface area contributed by atoms with Gasteiger partial charge in [0.05, 0.1) is 6.04 Å². The minimum Gasteiger partial charge on any atom is -0.459 e. The van der Waals surface area contributed by atoms with Crippen molar-refractivity contribution < 1.29 is 9.53 Å². The average Bonchev–Trinajstić information content (AvgIpc) is 2.73. The molecule has 2 atom stereocenters. The lowest BCUT2D eigenvalue weighted by Gasteiger charge is -2.40. The highest BCUT2D eigenvalue weighted by molar-refractivity contribution is 5.90. The first-order valence-corrected chi connectivity index (χ1v) is 10.7. The van der Waals surface area contributed by atoms with Crippen LogP contribution in [-0.2, 0) is 16.0 Å². The van der Waals surface area contributed by atoms with Crippen LogP contribution in [0.2, 0.25) is 0 Å². The number of fused-ring (bicyclic) bond motifs is 2. The van der Waals surface area contributed by atoms with Gasteiger partial charge in [-0.25, -0.2) is 0 Å². The van der Waals surface area contributed by atoms with Crippen LogP contribution in [0.3, 0.4) is 0 Å². The van der Waals surface area contributed by atoms with Gasteiger partial charge in [0.25, 0.3) is 0 Å². The minimum absolute atomic E-state index is 0.0571. The van der Waals surface area contributed by atoms with E-state index in [2.05, 4.69) is 59.9 Å². The van der Waals surface area contributed by atoms with E-state index in [1.165, 1.54) is 27.8 Å². The molecule has 2 aliphatic rings. The first-order chi connectivity index (χ1) is 14.4. The molecular weight excluding hydrogens is 370 g/mol. The summed E-state index contributed by atoms with van der Waals surface area (Å²) in [7, 11) is 0. The molecule has 3 aromatic carbocycles. The van der Waals surface area contributed by atoms with Crippen molar-refractivity contribution in [3.63, 3.8) is 0 Å². The summed E-state index contributed by atoms with van der Waals surface area (Å²) in [6, 6.07) is 23.4. The molecule has 0 amide bonds. The Bertz CT molecular complexity index is 1110. The molecule has 0 radical (unpaired) electrons. The first kappa shape index (κ1) is 19.1. The maximum absolute atomic E-state index is 13.3. The molecule has 30 heavy (non-hydrogen) atoms. The SMILES string of the molecule is CC(C)(C)OC(=O)C1c2ccccc2-c2cc(-c3ccccc3)cc3c2C1NCC3. The second-order valence-corrected chi connectivity index (χ2v) is 9.24. The molecule has 0 fully saturated rings. The molecule has 3 nitrogen and oxygen atoms in total. The van der Waals surface area contributed by atoms with Gasteiger partial charge in [0.2, 0.25) is 0 Å². The molecule has 0 aromatic heterocycles. The van der Waals surface area contributed by atoms with E-state index in [1.54, 1.807) is 0 Å². The van der Waals surface area contributed by atoms with Crippen molar-refractivity contribution >= 4 is 5.97 Å². The van der Waals surface area contributed by atoms with Crippen molar-refractivity contribution in [3.8, 4) is 22.3 Å². The number of rotatable bonds is 2. The number of carbonyl (C=O) groups excluding carboxylic acids is 1. The topological polar surface area (TPSA) is 38.3 Å². The largest absolute Gasteiger partial charge is 0.459 e. The Hall–Kier alpha value is -2.91. The molecule has 3 heteroatoms. The molecule has 0 bridgehead atoms. The normalized spacial score (nSPS) is 19.6. The summed E-state index contributed by atoms with van der Waals surface area (Å²) >= 11 is 0. The Labute approximate surface area is 178 Å². The van der Waals surface area contributed by atoms with E-state index in [0.717, 1.165) is 24.1 Å². The highest BCUT2D eigenvalue weighted by Gasteiger charge is 2.42. The zero-order valence-electron chi connectivity index (χ0n) is 17.7. The lowest BCUT2D eigenvalue weighted by Crippen LogP contribution is -2.41. The zero-order chi connectivity index (χ0) is 20.9. The number of benzene rings is 3. The molecule has 0 saturated carbocycles. The van der Waals surface area contributed by atoms with Gasteiger partial charge >= 0.3 is 5.97 Å². The number of carbonyl (C=O) groups is 1. The van der Waals surface area contributed by atoms with E-state index >= 15 is 0 Å². The van der Waals surface area contributed by atoms with E-state index in [1.807, 2.05) is 32.9 Å². The first-order valence-electron chi connectivity index (χ1n) is 10.7. The second-order valence-electron chi connectivity index (χ2n) is 9.24. The third-order valence-electron chi connectivity index (χ3n) is 6.02. The van der Waals surface area contributed by atoms with Gasteiger partial charge in [-0.15, -0.1) is 0 Å². The van der Waals surface area contributed by atoms with E-state index < -0.39 is 5.60 Å². The summed E-state index contributed by atoms with van der Waals surface area (Å²) in [6.07, 6.45) is 0.961. The number of esters is 1. The van der Waals surface area contributed by atoms with Crippen LogP contribution in [0.4, 0.5) is 0 Å². The maximum atomic E-state index is 13.3. The van der Waals surface area contributed by atoms with Gasteiger partial charge < -0.3 is 10.1 Å². The molecule has 0 saturated heterocycles. The number of ether oxygens (including phenoxy) is 1. The predicted molar refractivity (Wildman–Crippen MR) is 120 cm³/mol. The Kier molecular flexibility index (Phi) is 4.52. The van der Waals surface area contributed by atoms with Gasteiger partial charge in [0, 0.05) is 0 Å². The molecule has 1 N–H and O–H groups in total. The molecule has 0 spiro atoms. The highest BCUT2D eigenvalue weighted by Crippen LogP contribution is 2.50. The van der Waals surface area contributed by atoms with Crippen molar-refractivity contribution in [3.05, 3.63) is 83.4 Å². The van der Waals surface area contributed by atoms with E-state index in [-0.39, 0.29) is 17.9 Å². The second kappa shape index (κ2) is 7.10. The molecular formula is C27H27NO2. The van der Waals surface area contributed by atoms with Crippen molar-refractivity contribution in [2.45, 2.75) is 44.8 Å². The van der Waals surface area contributed by atoms with Gasteiger partial charge in [-0.1, -0.05) is 60.7 Å². The van der Waals surface area contributed by atoms with Crippen LogP contribution in [-0.4, -0.2) is 18.1 Å². The van der Waals surface area contributed by atoms with Crippen molar-refractivity contribution in [1.29, 1.82) is 0 Å². The Morgan fingerprint density at radius 2 is 1.67 bits per heavy atom. The van der Waals surface area contributed by atoms with Crippen LogP contribution in [0.15, 0.2) is 66.7 Å². The van der Waals surface area contributed by atoms with Crippen LogP contribution in [0.5, 0.6) is 0 Å². The quantitative estimate of drug-likeness (QED) is 0.568. The van der Waals surface area contributed by atoms with E-state index in [9.17, 15) is 4.79 Å². The summed E-state index contributed by atoms with van der Waals surface area (Å²) in [4.78, 5) is 13.3. The molecule has 5 rings (SSSR count). The third kappa shape index (κ3) is 3.23.